The number of nitrogens with zero attached hydrogens (tertiary/aromatic N) is 1. The largest absolute Gasteiger partial charge is 0.465 e. The van der Waals surface area contributed by atoms with Crippen molar-refractivity contribution in [1.82, 2.24) is 0 Å². The molecule has 5 heteroatoms. The Balaban J connectivity index is 2.26. The van der Waals surface area contributed by atoms with Crippen molar-refractivity contribution in [2.45, 2.75) is 26.2 Å². The monoisotopic (exact) mass is 228 g/mol. The molecule has 1 aliphatic heterocycles. The van der Waals surface area contributed by atoms with E-state index in [4.69, 9.17) is 10.5 Å². The molecular weight excluding hydrogens is 212 g/mol. The van der Waals surface area contributed by atoms with Gasteiger partial charge in [-0.25, -0.2) is 4.99 Å². The number of hydrogen-bond acceptors (Lipinski definition) is 5. The molecule has 1 heterocycles. The highest BCUT2D eigenvalue weighted by molar-refractivity contribution is 8.14. The highest BCUT2D eigenvalue weighted by atomic mass is 32.2. The van der Waals surface area contributed by atoms with E-state index in [-0.39, 0.29) is 5.97 Å². The van der Waals surface area contributed by atoms with Gasteiger partial charge in [-0.15, -0.1) is 0 Å². The Labute approximate surface area is 94.0 Å². The van der Waals surface area contributed by atoms with Crippen molar-refractivity contribution < 1.29 is 9.53 Å². The van der Waals surface area contributed by atoms with E-state index in [9.17, 15) is 4.79 Å². The SMILES string of the molecule is CCCCOC(=O)CC1=CN=C(N)SC1. The number of amidine groups is 1. The van der Waals surface area contributed by atoms with Crippen LogP contribution in [-0.2, 0) is 9.53 Å². The van der Waals surface area contributed by atoms with Crippen LogP contribution in [0.1, 0.15) is 26.2 Å². The number of aliphatic imine (C=N–C) groups is 1. The molecule has 15 heavy (non-hydrogen) atoms. The molecule has 0 saturated carbocycles. The predicted octanol–water partition coefficient (Wildman–Crippen LogP) is 1.67. The van der Waals surface area contributed by atoms with Crippen LogP contribution in [0.4, 0.5) is 0 Å². The fraction of sp³-hybridized carbons (Fsp3) is 0.600. The average Bonchev–Trinajstić information content (AvgIpc) is 2.22. The van der Waals surface area contributed by atoms with Crippen LogP contribution in [0.3, 0.4) is 0 Å². The standard InChI is InChI=1S/C10H16N2O2S/c1-2-3-4-14-9(13)5-8-6-12-10(11)15-7-8/h6H,2-5,7H2,1H3,(H2,11,12). The van der Waals surface area contributed by atoms with E-state index in [0.29, 0.717) is 18.2 Å². The van der Waals surface area contributed by atoms with Crippen molar-refractivity contribution in [3.8, 4) is 0 Å². The fourth-order valence-corrected chi connectivity index (χ4v) is 1.70. The molecule has 2 N–H and O–H groups in total. The molecule has 4 nitrogen and oxygen atoms in total. The lowest BCUT2D eigenvalue weighted by Gasteiger charge is -2.10. The van der Waals surface area contributed by atoms with Gasteiger partial charge in [0.1, 0.15) is 0 Å². The molecule has 0 radical (unpaired) electrons. The number of carbonyl (C=O) groups excluding carboxylic acids is 1. The van der Waals surface area contributed by atoms with E-state index < -0.39 is 0 Å². The highest BCUT2D eigenvalue weighted by Crippen LogP contribution is 2.17. The maximum atomic E-state index is 11.3. The molecule has 0 saturated heterocycles. The molecule has 1 aliphatic rings. The third kappa shape index (κ3) is 4.88. The second kappa shape index (κ2) is 6.50. The number of nitrogens with two attached hydrogens (primary N) is 1. The van der Waals surface area contributed by atoms with Gasteiger partial charge in [0.05, 0.1) is 13.0 Å². The summed E-state index contributed by atoms with van der Waals surface area (Å²) in [7, 11) is 0. The van der Waals surface area contributed by atoms with Gasteiger partial charge in [-0.1, -0.05) is 25.1 Å². The minimum Gasteiger partial charge on any atom is -0.465 e. The van der Waals surface area contributed by atoms with Crippen LogP contribution in [0.25, 0.3) is 0 Å². The van der Waals surface area contributed by atoms with Gasteiger partial charge < -0.3 is 10.5 Å². The van der Waals surface area contributed by atoms with E-state index in [0.717, 1.165) is 24.2 Å². The summed E-state index contributed by atoms with van der Waals surface area (Å²) in [5, 5.41) is 0.554. The van der Waals surface area contributed by atoms with Gasteiger partial charge in [-0.2, -0.15) is 0 Å². The van der Waals surface area contributed by atoms with Crippen molar-refractivity contribution in [3.05, 3.63) is 11.8 Å². The lowest BCUT2D eigenvalue weighted by atomic mass is 10.2. The van der Waals surface area contributed by atoms with Crippen molar-refractivity contribution in [2.75, 3.05) is 12.4 Å². The molecule has 0 aromatic heterocycles. The molecular formula is C10H16N2O2S. The van der Waals surface area contributed by atoms with Gasteiger partial charge in [-0.3, -0.25) is 4.79 Å². The maximum absolute atomic E-state index is 11.3. The molecule has 0 atom stereocenters. The van der Waals surface area contributed by atoms with E-state index in [1.807, 2.05) is 0 Å². The average molecular weight is 228 g/mol. The summed E-state index contributed by atoms with van der Waals surface area (Å²) in [5.41, 5.74) is 6.45. The molecule has 0 aromatic carbocycles. The summed E-state index contributed by atoms with van der Waals surface area (Å²) in [6.45, 7) is 2.58. The number of hydrogen-bond donors (Lipinski definition) is 1. The third-order valence-corrected chi connectivity index (χ3v) is 2.83. The number of carbonyl (C=O) groups is 1. The van der Waals surface area contributed by atoms with Gasteiger partial charge in [0.15, 0.2) is 5.17 Å². The normalized spacial score (nSPS) is 15.5. The van der Waals surface area contributed by atoms with E-state index >= 15 is 0 Å². The molecule has 1 rings (SSSR count). The van der Waals surface area contributed by atoms with Crippen LogP contribution in [0.5, 0.6) is 0 Å². The van der Waals surface area contributed by atoms with Crippen molar-refractivity contribution >= 4 is 22.9 Å². The van der Waals surface area contributed by atoms with Crippen molar-refractivity contribution in [1.29, 1.82) is 0 Å². The van der Waals surface area contributed by atoms with Crippen molar-refractivity contribution in [2.24, 2.45) is 10.7 Å². The molecule has 0 aliphatic carbocycles. The summed E-state index contributed by atoms with van der Waals surface area (Å²) in [6, 6.07) is 0. The number of esters is 1. The second-order valence-corrected chi connectivity index (χ2v) is 4.29. The predicted molar refractivity (Wildman–Crippen MR) is 62.6 cm³/mol. The Morgan fingerprint density at radius 1 is 1.73 bits per heavy atom. The van der Waals surface area contributed by atoms with Crippen LogP contribution < -0.4 is 5.73 Å². The van der Waals surface area contributed by atoms with Crippen molar-refractivity contribution in [3.63, 3.8) is 0 Å². The molecule has 0 unspecified atom stereocenters. The Morgan fingerprint density at radius 3 is 3.13 bits per heavy atom. The summed E-state index contributed by atoms with van der Waals surface area (Å²) in [5.74, 6) is 0.559. The number of ether oxygens (including phenoxy) is 1. The Kier molecular flexibility index (Phi) is 5.25. The summed E-state index contributed by atoms with van der Waals surface area (Å²) >= 11 is 1.45. The van der Waals surface area contributed by atoms with Gasteiger partial charge in [0, 0.05) is 12.0 Å². The van der Waals surface area contributed by atoms with Gasteiger partial charge in [0.25, 0.3) is 0 Å². The lowest BCUT2D eigenvalue weighted by Crippen LogP contribution is -2.13. The second-order valence-electron chi connectivity index (χ2n) is 3.29. The summed E-state index contributed by atoms with van der Waals surface area (Å²) in [6.07, 6.45) is 3.94. The molecule has 0 amide bonds. The van der Waals surface area contributed by atoms with Crippen LogP contribution >= 0.6 is 11.8 Å². The van der Waals surface area contributed by atoms with E-state index in [2.05, 4.69) is 11.9 Å². The maximum Gasteiger partial charge on any atom is 0.310 e. The minimum atomic E-state index is -0.175. The molecule has 0 spiro atoms. The lowest BCUT2D eigenvalue weighted by molar-refractivity contribution is -0.142. The zero-order valence-corrected chi connectivity index (χ0v) is 9.68. The van der Waals surface area contributed by atoms with Crippen LogP contribution in [0.2, 0.25) is 0 Å². The first-order valence-corrected chi connectivity index (χ1v) is 6.00. The topological polar surface area (TPSA) is 64.7 Å². The first-order chi connectivity index (χ1) is 7.22. The number of unbranched alkanes of at least 4 members (excludes halogenated alkanes) is 1. The number of thioether (sulfide) groups is 1. The number of rotatable bonds is 5. The van der Waals surface area contributed by atoms with Gasteiger partial charge in [0.2, 0.25) is 0 Å². The van der Waals surface area contributed by atoms with Gasteiger partial charge in [-0.05, 0) is 12.0 Å². The first-order valence-electron chi connectivity index (χ1n) is 5.02. The van der Waals surface area contributed by atoms with E-state index in [1.54, 1.807) is 6.20 Å². The molecule has 0 bridgehead atoms. The van der Waals surface area contributed by atoms with Gasteiger partial charge >= 0.3 is 5.97 Å². The van der Waals surface area contributed by atoms with E-state index in [1.165, 1.54) is 11.8 Å². The van der Waals surface area contributed by atoms with Crippen LogP contribution in [-0.4, -0.2) is 23.5 Å². The van der Waals surface area contributed by atoms with Crippen LogP contribution in [0, 0.1) is 0 Å². The zero-order valence-electron chi connectivity index (χ0n) is 8.86. The summed E-state index contributed by atoms with van der Waals surface area (Å²) < 4.78 is 5.04. The molecule has 84 valence electrons. The quantitative estimate of drug-likeness (QED) is 0.574. The summed E-state index contributed by atoms with van der Waals surface area (Å²) in [4.78, 5) is 15.3. The highest BCUT2D eigenvalue weighted by Gasteiger charge is 2.11. The Hall–Kier alpha value is -0.970. The van der Waals surface area contributed by atoms with Crippen LogP contribution in [0.15, 0.2) is 16.8 Å². The minimum absolute atomic E-state index is 0.175. The fourth-order valence-electron chi connectivity index (χ4n) is 1.06. The Morgan fingerprint density at radius 2 is 2.53 bits per heavy atom. The first kappa shape index (κ1) is 12.1. The molecule has 0 aromatic rings. The Bertz CT molecular complexity index is 287. The zero-order chi connectivity index (χ0) is 11.1. The third-order valence-electron chi connectivity index (χ3n) is 1.91. The molecule has 0 fully saturated rings. The smallest absolute Gasteiger partial charge is 0.310 e.